The molecule has 0 saturated heterocycles. The zero-order chi connectivity index (χ0) is 41.0. The molecule has 11 aromatic carbocycles. The first kappa shape index (κ1) is 35.7. The first-order chi connectivity index (χ1) is 30.7. The van der Waals surface area contributed by atoms with Crippen molar-refractivity contribution in [2.45, 2.75) is 0 Å². The van der Waals surface area contributed by atoms with Crippen molar-refractivity contribution in [3.8, 4) is 67.3 Å². The molecule has 2 nitrogen and oxygen atoms in total. The van der Waals surface area contributed by atoms with E-state index in [1.807, 2.05) is 18.2 Å². The molecule has 0 fully saturated rings. The summed E-state index contributed by atoms with van der Waals surface area (Å²) in [6, 6.07) is 83.0. The summed E-state index contributed by atoms with van der Waals surface area (Å²) in [4.78, 5) is 10.4. The molecule has 62 heavy (non-hydrogen) atoms. The normalized spacial score (nSPS) is 11.5. The fraction of sp³-hybridized carbons (Fsp3) is 0. The Bertz CT molecular complexity index is 3680. The van der Waals surface area contributed by atoms with Gasteiger partial charge >= 0.3 is 0 Å². The average molecular weight is 787 g/mol. The van der Waals surface area contributed by atoms with Gasteiger partial charge in [0.25, 0.3) is 0 Å². The fourth-order valence-electron chi connectivity index (χ4n) is 9.40. The second-order valence-corrected chi connectivity index (χ2v) is 16.1. The van der Waals surface area contributed by atoms with E-state index in [0.29, 0.717) is 5.82 Å². The largest absolute Gasteiger partial charge is 0.228 e. The molecule has 2 heteroatoms. The standard InChI is InChI=1S/C60H38N2/c1-2-15-43(16-3-1)60-61-57(38-58(62-60)54-23-11-10-22-53(54)52-24-12-18-40-13-4-7-19-49(40)52)48-32-31-45-35-44(29-30-46(45)36-48)39-25-27-42(28-26-39)59-51-21-9-6-17-47(51)37-56-50-20-8-5-14-41(50)33-34-55(56)59/h1-38H. The Kier molecular flexibility index (Phi) is 8.53. The molecule has 0 N–H and O–H groups in total. The van der Waals surface area contributed by atoms with E-state index in [-0.39, 0.29) is 0 Å². The Morgan fingerprint density at radius 1 is 0.226 bits per heavy atom. The summed E-state index contributed by atoms with van der Waals surface area (Å²) < 4.78 is 0. The molecule has 0 aliphatic heterocycles. The number of fused-ring (bicyclic) bond motifs is 6. The number of nitrogens with zero attached hydrogens (tertiary/aromatic N) is 2. The summed E-state index contributed by atoms with van der Waals surface area (Å²) in [5, 5.41) is 12.4. The number of hydrogen-bond donors (Lipinski definition) is 0. The first-order valence-electron chi connectivity index (χ1n) is 21.2. The molecular formula is C60H38N2. The third kappa shape index (κ3) is 6.20. The molecule has 0 unspecified atom stereocenters. The predicted molar refractivity (Wildman–Crippen MR) is 262 cm³/mol. The second-order valence-electron chi connectivity index (χ2n) is 16.1. The third-order valence-corrected chi connectivity index (χ3v) is 12.5. The van der Waals surface area contributed by atoms with Gasteiger partial charge in [0, 0.05) is 16.7 Å². The zero-order valence-electron chi connectivity index (χ0n) is 33.8. The smallest absolute Gasteiger partial charge is 0.160 e. The molecule has 0 bridgehead atoms. The molecule has 0 saturated carbocycles. The number of hydrogen-bond acceptors (Lipinski definition) is 2. The van der Waals surface area contributed by atoms with Gasteiger partial charge in [-0.15, -0.1) is 0 Å². The maximum Gasteiger partial charge on any atom is 0.160 e. The van der Waals surface area contributed by atoms with Crippen LogP contribution in [0.2, 0.25) is 0 Å². The van der Waals surface area contributed by atoms with E-state index < -0.39 is 0 Å². The van der Waals surface area contributed by atoms with Crippen molar-refractivity contribution in [3.63, 3.8) is 0 Å². The topological polar surface area (TPSA) is 25.8 Å². The molecule has 12 rings (SSSR count). The van der Waals surface area contributed by atoms with Gasteiger partial charge in [0.1, 0.15) is 0 Å². The van der Waals surface area contributed by atoms with E-state index in [0.717, 1.165) is 39.0 Å². The molecule has 0 spiro atoms. The Hall–Kier alpha value is -8.20. The van der Waals surface area contributed by atoms with Gasteiger partial charge in [0.15, 0.2) is 5.82 Å². The summed E-state index contributed by atoms with van der Waals surface area (Å²) in [6.07, 6.45) is 0. The summed E-state index contributed by atoms with van der Waals surface area (Å²) >= 11 is 0. The van der Waals surface area contributed by atoms with Crippen LogP contribution in [-0.4, -0.2) is 9.97 Å². The van der Waals surface area contributed by atoms with E-state index in [2.05, 4.69) is 212 Å². The lowest BCUT2D eigenvalue weighted by molar-refractivity contribution is 1.18. The Morgan fingerprint density at radius 3 is 1.58 bits per heavy atom. The maximum atomic E-state index is 5.23. The highest BCUT2D eigenvalue weighted by Crippen LogP contribution is 2.41. The van der Waals surface area contributed by atoms with Crippen LogP contribution in [0, 0.1) is 0 Å². The summed E-state index contributed by atoms with van der Waals surface area (Å²) in [6.45, 7) is 0. The van der Waals surface area contributed by atoms with Crippen LogP contribution in [0.5, 0.6) is 0 Å². The minimum atomic E-state index is 0.703. The lowest BCUT2D eigenvalue weighted by atomic mass is 9.89. The minimum Gasteiger partial charge on any atom is -0.228 e. The van der Waals surface area contributed by atoms with E-state index in [1.165, 1.54) is 76.3 Å². The van der Waals surface area contributed by atoms with Gasteiger partial charge in [0.05, 0.1) is 11.4 Å². The average Bonchev–Trinajstić information content (AvgIpc) is 3.35. The lowest BCUT2D eigenvalue weighted by Crippen LogP contribution is -1.97. The van der Waals surface area contributed by atoms with Crippen molar-refractivity contribution < 1.29 is 0 Å². The van der Waals surface area contributed by atoms with Crippen LogP contribution in [0.15, 0.2) is 231 Å². The summed E-state index contributed by atoms with van der Waals surface area (Å²) in [5.74, 6) is 0.703. The van der Waals surface area contributed by atoms with Gasteiger partial charge in [0.2, 0.25) is 0 Å². The van der Waals surface area contributed by atoms with Gasteiger partial charge < -0.3 is 0 Å². The van der Waals surface area contributed by atoms with Gasteiger partial charge in [-0.25, -0.2) is 9.97 Å². The van der Waals surface area contributed by atoms with Gasteiger partial charge in [-0.3, -0.25) is 0 Å². The number of rotatable bonds is 6. The molecular weight excluding hydrogens is 749 g/mol. The van der Waals surface area contributed by atoms with Crippen molar-refractivity contribution in [1.82, 2.24) is 9.97 Å². The SMILES string of the molecule is c1ccc(-c2nc(-c3ccc4cc(-c5ccc(-c6c7ccccc7cc7c6ccc6ccccc67)cc5)ccc4c3)cc(-c3ccccc3-c3cccc4ccccc34)n2)cc1. The fourth-order valence-corrected chi connectivity index (χ4v) is 9.40. The van der Waals surface area contributed by atoms with Crippen molar-refractivity contribution in [2.75, 3.05) is 0 Å². The molecule has 0 amide bonds. The van der Waals surface area contributed by atoms with Crippen LogP contribution in [-0.2, 0) is 0 Å². The molecule has 1 heterocycles. The van der Waals surface area contributed by atoms with E-state index in [9.17, 15) is 0 Å². The van der Waals surface area contributed by atoms with Crippen molar-refractivity contribution in [1.29, 1.82) is 0 Å². The number of benzene rings is 11. The van der Waals surface area contributed by atoms with Gasteiger partial charge in [-0.05, 0) is 112 Å². The molecule has 0 aliphatic carbocycles. The van der Waals surface area contributed by atoms with E-state index in [1.54, 1.807) is 0 Å². The summed E-state index contributed by atoms with van der Waals surface area (Å²) in [7, 11) is 0. The lowest BCUT2D eigenvalue weighted by Gasteiger charge is -2.15. The molecule has 288 valence electrons. The third-order valence-electron chi connectivity index (χ3n) is 12.5. The van der Waals surface area contributed by atoms with Crippen LogP contribution >= 0.6 is 0 Å². The predicted octanol–water partition coefficient (Wildman–Crippen LogP) is 16.2. The molecule has 0 radical (unpaired) electrons. The molecule has 12 aromatic rings. The Balaban J connectivity index is 0.923. The second kappa shape index (κ2) is 14.8. The first-order valence-corrected chi connectivity index (χ1v) is 21.2. The van der Waals surface area contributed by atoms with Crippen LogP contribution < -0.4 is 0 Å². The minimum absolute atomic E-state index is 0.703. The van der Waals surface area contributed by atoms with Gasteiger partial charge in [-0.1, -0.05) is 206 Å². The molecule has 0 atom stereocenters. The number of aromatic nitrogens is 2. The van der Waals surface area contributed by atoms with Crippen molar-refractivity contribution in [3.05, 3.63) is 231 Å². The summed E-state index contributed by atoms with van der Waals surface area (Å²) in [5.41, 5.74) is 12.1. The quantitative estimate of drug-likeness (QED) is 0.124. The zero-order valence-corrected chi connectivity index (χ0v) is 33.8. The van der Waals surface area contributed by atoms with Crippen LogP contribution in [0.3, 0.4) is 0 Å². The maximum absolute atomic E-state index is 5.23. The van der Waals surface area contributed by atoms with Crippen LogP contribution in [0.4, 0.5) is 0 Å². The van der Waals surface area contributed by atoms with Gasteiger partial charge in [-0.2, -0.15) is 0 Å². The monoisotopic (exact) mass is 786 g/mol. The van der Waals surface area contributed by atoms with E-state index >= 15 is 0 Å². The Labute approximate surface area is 360 Å². The molecule has 0 aliphatic rings. The molecule has 1 aromatic heterocycles. The Morgan fingerprint density at radius 2 is 0.774 bits per heavy atom. The van der Waals surface area contributed by atoms with Crippen molar-refractivity contribution >= 4 is 53.9 Å². The highest BCUT2D eigenvalue weighted by molar-refractivity contribution is 6.20. The van der Waals surface area contributed by atoms with Crippen LogP contribution in [0.25, 0.3) is 121 Å². The highest BCUT2D eigenvalue weighted by atomic mass is 14.9. The van der Waals surface area contributed by atoms with Crippen molar-refractivity contribution in [2.24, 2.45) is 0 Å². The van der Waals surface area contributed by atoms with Crippen LogP contribution in [0.1, 0.15) is 0 Å². The van der Waals surface area contributed by atoms with E-state index in [4.69, 9.17) is 9.97 Å². The highest BCUT2D eigenvalue weighted by Gasteiger charge is 2.17.